The standard InChI is InChI=1S/C23H20Cl2N6O2S/c24-17-7-5-15(6-8-17)21-20(14-1-3-16(4-2-14)22(26)27)13-31(29-21)23(28)30-34(32,33)19-11-9-18(25)10-12-19/h1-12,20H,13H2,(H3,26,27)(H2,28,30). The minimum Gasteiger partial charge on any atom is -0.384 e. The summed E-state index contributed by atoms with van der Waals surface area (Å²) in [6.45, 7) is 0.267. The fourth-order valence-corrected chi connectivity index (χ4v) is 4.69. The number of nitrogens with one attached hydrogen (secondary N) is 1. The fraction of sp³-hybridized carbons (Fsp3) is 0.0870. The number of nitrogens with zero attached hydrogens (tertiary/aromatic N) is 3. The van der Waals surface area contributed by atoms with Crippen molar-refractivity contribution in [2.75, 3.05) is 6.54 Å². The summed E-state index contributed by atoms with van der Waals surface area (Å²) in [6.07, 6.45) is 0. The van der Waals surface area contributed by atoms with Crippen LogP contribution in [0.5, 0.6) is 0 Å². The summed E-state index contributed by atoms with van der Waals surface area (Å²) in [4.78, 5) is -0.0303. The van der Waals surface area contributed by atoms with Gasteiger partial charge in [-0.1, -0.05) is 59.6 Å². The van der Waals surface area contributed by atoms with Crippen molar-refractivity contribution in [2.24, 2.45) is 21.0 Å². The maximum absolute atomic E-state index is 12.7. The predicted octanol–water partition coefficient (Wildman–Crippen LogP) is 3.78. The molecule has 0 aliphatic carbocycles. The highest BCUT2D eigenvalue weighted by Gasteiger charge is 2.31. The SMILES string of the molecule is N=C(N)c1ccc(C2CN(/C(N)=N/S(=O)(=O)c3ccc(Cl)cc3)N=C2c2ccc(Cl)cc2)cc1. The minimum atomic E-state index is -4.06. The lowest BCUT2D eigenvalue weighted by Crippen LogP contribution is -2.33. The molecule has 1 atom stereocenters. The van der Waals surface area contributed by atoms with Gasteiger partial charge in [0.2, 0.25) is 5.96 Å². The number of halogens is 2. The van der Waals surface area contributed by atoms with E-state index in [0.717, 1.165) is 11.1 Å². The van der Waals surface area contributed by atoms with Crippen LogP contribution < -0.4 is 11.5 Å². The van der Waals surface area contributed by atoms with Gasteiger partial charge in [-0.2, -0.15) is 13.5 Å². The van der Waals surface area contributed by atoms with Crippen molar-refractivity contribution >= 4 is 50.7 Å². The molecule has 8 nitrogen and oxygen atoms in total. The van der Waals surface area contributed by atoms with Gasteiger partial charge in [0.05, 0.1) is 17.2 Å². The molecule has 4 rings (SSSR count). The lowest BCUT2D eigenvalue weighted by molar-refractivity contribution is 0.470. The van der Waals surface area contributed by atoms with Crippen LogP contribution in [0, 0.1) is 5.41 Å². The monoisotopic (exact) mass is 514 g/mol. The van der Waals surface area contributed by atoms with E-state index in [0.29, 0.717) is 21.3 Å². The zero-order valence-corrected chi connectivity index (χ0v) is 20.0. The molecule has 0 aromatic heterocycles. The van der Waals surface area contributed by atoms with Crippen LogP contribution in [-0.2, 0) is 10.0 Å². The van der Waals surface area contributed by atoms with Gasteiger partial charge in [-0.3, -0.25) is 5.41 Å². The average Bonchev–Trinajstić information content (AvgIpc) is 3.25. The highest BCUT2D eigenvalue weighted by molar-refractivity contribution is 7.90. The van der Waals surface area contributed by atoms with Crippen molar-refractivity contribution in [3.05, 3.63) is 99.5 Å². The molecule has 3 aromatic rings. The molecule has 5 N–H and O–H groups in total. The zero-order valence-electron chi connectivity index (χ0n) is 17.7. The first-order chi connectivity index (χ1) is 16.1. The second-order valence-corrected chi connectivity index (χ2v) is 10.0. The molecule has 0 bridgehead atoms. The molecule has 11 heteroatoms. The number of benzene rings is 3. The van der Waals surface area contributed by atoms with Crippen molar-refractivity contribution < 1.29 is 8.42 Å². The Morgan fingerprint density at radius 1 is 0.941 bits per heavy atom. The van der Waals surface area contributed by atoms with Crippen molar-refractivity contribution in [3.8, 4) is 0 Å². The summed E-state index contributed by atoms with van der Waals surface area (Å²) < 4.78 is 29.2. The van der Waals surface area contributed by atoms with Crippen LogP contribution >= 0.6 is 23.2 Å². The highest BCUT2D eigenvalue weighted by Crippen LogP contribution is 2.30. The summed E-state index contributed by atoms with van der Waals surface area (Å²) in [5.74, 6) is -0.534. The van der Waals surface area contributed by atoms with E-state index in [1.165, 1.54) is 29.3 Å². The maximum Gasteiger partial charge on any atom is 0.285 e. The van der Waals surface area contributed by atoms with Crippen LogP contribution in [0.3, 0.4) is 0 Å². The lowest BCUT2D eigenvalue weighted by Gasteiger charge is -2.16. The number of sulfonamides is 1. The van der Waals surface area contributed by atoms with E-state index in [2.05, 4.69) is 9.50 Å². The second-order valence-electron chi connectivity index (χ2n) is 7.54. The Hall–Kier alpha value is -3.40. The van der Waals surface area contributed by atoms with E-state index in [4.69, 9.17) is 40.1 Å². The van der Waals surface area contributed by atoms with Crippen LogP contribution in [-0.4, -0.2) is 37.5 Å². The number of rotatable bonds is 5. The van der Waals surface area contributed by atoms with Crippen molar-refractivity contribution in [1.82, 2.24) is 5.01 Å². The highest BCUT2D eigenvalue weighted by atomic mass is 35.5. The molecule has 1 aliphatic heterocycles. The Morgan fingerprint density at radius 2 is 1.50 bits per heavy atom. The van der Waals surface area contributed by atoms with Crippen LogP contribution in [0.1, 0.15) is 22.6 Å². The Kier molecular flexibility index (Phi) is 6.60. The number of guanidine groups is 1. The topological polar surface area (TPSA) is 138 Å². The Morgan fingerprint density at radius 3 is 2.06 bits per heavy atom. The van der Waals surface area contributed by atoms with E-state index in [1.807, 2.05) is 24.3 Å². The molecular weight excluding hydrogens is 495 g/mol. The summed E-state index contributed by atoms with van der Waals surface area (Å²) in [6, 6.07) is 20.0. The third-order valence-electron chi connectivity index (χ3n) is 5.27. The number of hydrogen-bond donors (Lipinski definition) is 3. The second kappa shape index (κ2) is 9.46. The molecule has 0 amide bonds. The lowest BCUT2D eigenvalue weighted by atomic mass is 9.90. The molecule has 0 saturated carbocycles. The molecule has 174 valence electrons. The fourth-order valence-electron chi connectivity index (χ4n) is 3.51. The van der Waals surface area contributed by atoms with E-state index in [9.17, 15) is 8.42 Å². The van der Waals surface area contributed by atoms with Gasteiger partial charge in [0.25, 0.3) is 10.0 Å². The van der Waals surface area contributed by atoms with Gasteiger partial charge in [-0.15, -0.1) is 4.40 Å². The van der Waals surface area contributed by atoms with Gasteiger partial charge in [0.1, 0.15) is 5.84 Å². The van der Waals surface area contributed by atoms with E-state index in [1.54, 1.807) is 24.3 Å². The molecule has 0 radical (unpaired) electrons. The summed E-state index contributed by atoms with van der Waals surface area (Å²) >= 11 is 11.9. The summed E-state index contributed by atoms with van der Waals surface area (Å²) in [5, 5.41) is 14.5. The molecule has 0 fully saturated rings. The normalized spacial score (nSPS) is 16.4. The first kappa shape index (κ1) is 23.7. The van der Waals surface area contributed by atoms with Crippen LogP contribution in [0.4, 0.5) is 0 Å². The Balaban J connectivity index is 1.70. The number of nitrogen functional groups attached to an aromatic ring is 1. The van der Waals surface area contributed by atoms with Gasteiger partial charge < -0.3 is 11.5 Å². The number of amidine groups is 1. The maximum atomic E-state index is 12.7. The molecule has 34 heavy (non-hydrogen) atoms. The van der Waals surface area contributed by atoms with Gasteiger partial charge in [0, 0.05) is 21.5 Å². The van der Waals surface area contributed by atoms with Gasteiger partial charge >= 0.3 is 0 Å². The minimum absolute atomic E-state index is 0.0303. The van der Waals surface area contributed by atoms with Crippen LogP contribution in [0.25, 0.3) is 0 Å². The van der Waals surface area contributed by atoms with E-state index >= 15 is 0 Å². The number of nitrogens with two attached hydrogens (primary N) is 2. The van der Waals surface area contributed by atoms with Crippen LogP contribution in [0.2, 0.25) is 10.0 Å². The Labute approximate surface area is 207 Å². The summed E-state index contributed by atoms with van der Waals surface area (Å²) in [7, 11) is -4.06. The smallest absolute Gasteiger partial charge is 0.285 e. The molecule has 0 saturated heterocycles. The third-order valence-corrected chi connectivity index (χ3v) is 7.07. The predicted molar refractivity (Wildman–Crippen MR) is 135 cm³/mol. The largest absolute Gasteiger partial charge is 0.384 e. The van der Waals surface area contributed by atoms with Crippen molar-refractivity contribution in [1.29, 1.82) is 5.41 Å². The number of hydrogen-bond acceptors (Lipinski definition) is 4. The third kappa shape index (κ3) is 5.06. The number of hydrazone groups is 1. The van der Waals surface area contributed by atoms with E-state index < -0.39 is 10.0 Å². The molecule has 3 aromatic carbocycles. The van der Waals surface area contributed by atoms with Gasteiger partial charge in [-0.25, -0.2) is 5.01 Å². The molecule has 1 unspecified atom stereocenters. The quantitative estimate of drug-likeness (QED) is 0.351. The molecule has 0 spiro atoms. The molecule has 1 aliphatic rings. The first-order valence-corrected chi connectivity index (χ1v) is 12.3. The van der Waals surface area contributed by atoms with Gasteiger partial charge in [0.15, 0.2) is 0 Å². The van der Waals surface area contributed by atoms with Crippen molar-refractivity contribution in [2.45, 2.75) is 10.8 Å². The average molecular weight is 515 g/mol. The molecule has 1 heterocycles. The van der Waals surface area contributed by atoms with Crippen LogP contribution in [0.15, 0.2) is 87.2 Å². The van der Waals surface area contributed by atoms with Crippen molar-refractivity contribution in [3.63, 3.8) is 0 Å². The molecular formula is C23H20Cl2N6O2S. The van der Waals surface area contributed by atoms with E-state index in [-0.39, 0.29) is 29.2 Å². The summed E-state index contributed by atoms with van der Waals surface area (Å²) in [5.41, 5.74) is 14.6. The Bertz CT molecular complexity index is 1390. The van der Waals surface area contributed by atoms with Gasteiger partial charge in [-0.05, 0) is 47.5 Å². The first-order valence-electron chi connectivity index (χ1n) is 10.1. The zero-order chi connectivity index (χ0) is 24.5.